The van der Waals surface area contributed by atoms with Crippen molar-refractivity contribution in [2.45, 2.75) is 0 Å². The first-order chi connectivity index (χ1) is 6.49. The predicted molar refractivity (Wildman–Crippen MR) is 43.9 cm³/mol. The van der Waals surface area contributed by atoms with E-state index in [9.17, 15) is 13.2 Å². The van der Waals surface area contributed by atoms with E-state index in [0.717, 1.165) is 7.11 Å². The lowest BCUT2D eigenvalue weighted by Crippen LogP contribution is -2.15. The van der Waals surface area contributed by atoms with Gasteiger partial charge in [-0.15, -0.1) is 0 Å². The third-order valence-electron chi connectivity index (χ3n) is 1.61. The van der Waals surface area contributed by atoms with Crippen molar-refractivity contribution in [3.05, 3.63) is 29.1 Å². The smallest absolute Gasteiger partial charge is 0.203 e. The third kappa shape index (κ3) is 1.50. The van der Waals surface area contributed by atoms with Crippen LogP contribution in [-0.4, -0.2) is 12.9 Å². The van der Waals surface area contributed by atoms with Crippen LogP contribution in [0, 0.1) is 22.9 Å². The van der Waals surface area contributed by atoms with Gasteiger partial charge in [-0.1, -0.05) is 0 Å². The SMILES string of the molecule is COc1c(F)c(F)cc(C(=N)N)c1F. The molecule has 6 heteroatoms. The highest BCUT2D eigenvalue weighted by atomic mass is 19.2. The lowest BCUT2D eigenvalue weighted by atomic mass is 10.1. The van der Waals surface area contributed by atoms with E-state index in [1.165, 1.54) is 0 Å². The number of methoxy groups -OCH3 is 1. The molecule has 3 nitrogen and oxygen atoms in total. The average molecular weight is 204 g/mol. The van der Waals surface area contributed by atoms with Crippen LogP contribution in [0.15, 0.2) is 6.07 Å². The zero-order chi connectivity index (χ0) is 10.9. The first-order valence-electron chi connectivity index (χ1n) is 3.55. The lowest BCUT2D eigenvalue weighted by Gasteiger charge is -2.07. The summed E-state index contributed by atoms with van der Waals surface area (Å²) in [7, 11) is 0.991. The zero-order valence-electron chi connectivity index (χ0n) is 7.20. The van der Waals surface area contributed by atoms with Crippen molar-refractivity contribution in [1.29, 1.82) is 5.41 Å². The van der Waals surface area contributed by atoms with Crippen molar-refractivity contribution >= 4 is 5.84 Å². The molecule has 0 radical (unpaired) electrons. The molecule has 1 rings (SSSR count). The van der Waals surface area contributed by atoms with Gasteiger partial charge >= 0.3 is 0 Å². The summed E-state index contributed by atoms with van der Waals surface area (Å²) in [5.74, 6) is -5.50. The van der Waals surface area contributed by atoms with Gasteiger partial charge < -0.3 is 10.5 Å². The quantitative estimate of drug-likeness (QED) is 0.434. The fourth-order valence-corrected chi connectivity index (χ4v) is 0.956. The van der Waals surface area contributed by atoms with E-state index in [0.29, 0.717) is 6.07 Å². The van der Waals surface area contributed by atoms with E-state index in [4.69, 9.17) is 11.1 Å². The van der Waals surface area contributed by atoms with E-state index >= 15 is 0 Å². The molecule has 0 aromatic heterocycles. The largest absolute Gasteiger partial charge is 0.491 e. The second-order valence-electron chi connectivity index (χ2n) is 2.48. The topological polar surface area (TPSA) is 59.1 Å². The van der Waals surface area contributed by atoms with E-state index in [2.05, 4.69) is 4.74 Å². The van der Waals surface area contributed by atoms with Gasteiger partial charge in [0.15, 0.2) is 17.4 Å². The molecule has 0 spiro atoms. The molecule has 0 fully saturated rings. The molecule has 3 N–H and O–H groups in total. The van der Waals surface area contributed by atoms with Crippen LogP contribution in [0.25, 0.3) is 0 Å². The number of nitrogens with one attached hydrogen (secondary N) is 1. The summed E-state index contributed by atoms with van der Waals surface area (Å²) in [4.78, 5) is 0. The molecule has 0 atom stereocenters. The van der Waals surface area contributed by atoms with Crippen LogP contribution in [0.5, 0.6) is 5.75 Å². The Bertz CT molecular complexity index is 393. The minimum absolute atomic E-state index is 0.509. The number of hydrogen-bond acceptors (Lipinski definition) is 2. The van der Waals surface area contributed by atoms with E-state index in [1.54, 1.807) is 0 Å². The molecule has 76 valence electrons. The normalized spacial score (nSPS) is 10.0. The molecule has 0 saturated heterocycles. The van der Waals surface area contributed by atoms with Gasteiger partial charge in [0.1, 0.15) is 5.84 Å². The summed E-state index contributed by atoms with van der Waals surface area (Å²) >= 11 is 0. The molecule has 0 heterocycles. The van der Waals surface area contributed by atoms with Gasteiger partial charge in [0.2, 0.25) is 5.82 Å². The molecule has 1 aromatic rings. The number of benzene rings is 1. The Morgan fingerprint density at radius 1 is 1.36 bits per heavy atom. The van der Waals surface area contributed by atoms with Gasteiger partial charge in [-0.05, 0) is 6.07 Å². The van der Waals surface area contributed by atoms with Crippen LogP contribution in [0.3, 0.4) is 0 Å². The highest BCUT2D eigenvalue weighted by Gasteiger charge is 2.20. The van der Waals surface area contributed by atoms with E-state index in [1.807, 2.05) is 0 Å². The summed E-state index contributed by atoms with van der Waals surface area (Å²) in [5, 5.41) is 6.91. The van der Waals surface area contributed by atoms with Gasteiger partial charge in [-0.25, -0.2) is 8.78 Å². The molecule has 0 bridgehead atoms. The number of hydrogen-bond donors (Lipinski definition) is 2. The summed E-state index contributed by atoms with van der Waals surface area (Å²) in [5.41, 5.74) is 4.43. The number of nitrogens with two attached hydrogens (primary N) is 1. The zero-order valence-corrected chi connectivity index (χ0v) is 7.20. The van der Waals surface area contributed by atoms with Crippen molar-refractivity contribution < 1.29 is 17.9 Å². The maximum absolute atomic E-state index is 13.2. The van der Waals surface area contributed by atoms with Gasteiger partial charge in [-0.3, -0.25) is 5.41 Å². The molecule has 0 amide bonds. The number of halogens is 3. The summed E-state index contributed by atoms with van der Waals surface area (Å²) in [6.45, 7) is 0. The molecule has 0 saturated carbocycles. The number of amidine groups is 1. The molecule has 0 aliphatic carbocycles. The molecule has 1 aromatic carbocycles. The van der Waals surface area contributed by atoms with Gasteiger partial charge in [-0.2, -0.15) is 4.39 Å². The Hall–Kier alpha value is -1.72. The summed E-state index contributed by atoms with van der Waals surface area (Å²) in [6, 6.07) is 0.509. The fraction of sp³-hybridized carbons (Fsp3) is 0.125. The molecular weight excluding hydrogens is 197 g/mol. The first-order valence-corrected chi connectivity index (χ1v) is 3.55. The fourth-order valence-electron chi connectivity index (χ4n) is 0.956. The molecule has 14 heavy (non-hydrogen) atoms. The van der Waals surface area contributed by atoms with Crippen LogP contribution in [0.4, 0.5) is 13.2 Å². The minimum atomic E-state index is -1.44. The molecule has 0 unspecified atom stereocenters. The van der Waals surface area contributed by atoms with Crippen molar-refractivity contribution in [2.75, 3.05) is 7.11 Å². The first kappa shape index (κ1) is 10.4. The van der Waals surface area contributed by atoms with Gasteiger partial charge in [0.25, 0.3) is 0 Å². The van der Waals surface area contributed by atoms with Gasteiger partial charge in [0, 0.05) is 0 Å². The monoisotopic (exact) mass is 204 g/mol. The van der Waals surface area contributed by atoms with Crippen LogP contribution in [0.1, 0.15) is 5.56 Å². The van der Waals surface area contributed by atoms with E-state index in [-0.39, 0.29) is 0 Å². The Kier molecular flexibility index (Phi) is 2.64. The Morgan fingerprint density at radius 2 is 1.93 bits per heavy atom. The average Bonchev–Trinajstić information content (AvgIpc) is 2.12. The second-order valence-corrected chi connectivity index (χ2v) is 2.48. The maximum Gasteiger partial charge on any atom is 0.203 e. The van der Waals surface area contributed by atoms with Crippen LogP contribution in [-0.2, 0) is 0 Å². The number of nitrogen functional groups attached to an aromatic ring is 1. The Morgan fingerprint density at radius 3 is 2.36 bits per heavy atom. The number of rotatable bonds is 2. The summed E-state index contributed by atoms with van der Waals surface area (Å²) in [6.07, 6.45) is 0. The summed E-state index contributed by atoms with van der Waals surface area (Å²) < 4.78 is 43.2. The lowest BCUT2D eigenvalue weighted by molar-refractivity contribution is 0.346. The third-order valence-corrected chi connectivity index (χ3v) is 1.61. The van der Waals surface area contributed by atoms with Crippen LogP contribution >= 0.6 is 0 Å². The van der Waals surface area contributed by atoms with Gasteiger partial charge in [0.05, 0.1) is 12.7 Å². The molecule has 0 aliphatic heterocycles. The molecular formula is C8H7F3N2O. The van der Waals surface area contributed by atoms with Crippen LogP contribution in [0.2, 0.25) is 0 Å². The van der Waals surface area contributed by atoms with Crippen molar-refractivity contribution in [3.63, 3.8) is 0 Å². The number of ether oxygens (including phenoxy) is 1. The highest BCUT2D eigenvalue weighted by molar-refractivity contribution is 5.95. The Labute approximate surface area is 77.8 Å². The highest BCUT2D eigenvalue weighted by Crippen LogP contribution is 2.26. The Balaban J connectivity index is 3.50. The predicted octanol–water partition coefficient (Wildman–Crippen LogP) is 1.40. The van der Waals surface area contributed by atoms with Crippen molar-refractivity contribution in [1.82, 2.24) is 0 Å². The second kappa shape index (κ2) is 3.57. The maximum atomic E-state index is 13.2. The van der Waals surface area contributed by atoms with Crippen molar-refractivity contribution in [2.24, 2.45) is 5.73 Å². The van der Waals surface area contributed by atoms with E-state index < -0.39 is 34.6 Å². The minimum Gasteiger partial charge on any atom is -0.491 e. The van der Waals surface area contributed by atoms with Crippen LogP contribution < -0.4 is 10.5 Å². The van der Waals surface area contributed by atoms with Crippen molar-refractivity contribution in [3.8, 4) is 5.75 Å². The standard InChI is InChI=1S/C8H7F3N2O/c1-14-7-5(10)3(8(12)13)2-4(9)6(7)11/h2H,1H3,(H3,12,13). The molecule has 0 aliphatic rings.